The maximum absolute atomic E-state index is 13.4. The van der Waals surface area contributed by atoms with Gasteiger partial charge in [-0.05, 0) is 17.7 Å². The van der Waals surface area contributed by atoms with Crippen molar-refractivity contribution >= 4 is 11.9 Å². The van der Waals surface area contributed by atoms with Crippen LogP contribution in [-0.2, 0) is 4.74 Å². The normalized spacial score (nSPS) is 21.9. The number of piperidine rings is 1. The highest BCUT2D eigenvalue weighted by Crippen LogP contribution is 2.59. The van der Waals surface area contributed by atoms with Crippen LogP contribution in [0.3, 0.4) is 0 Å². The number of amides is 1. The maximum atomic E-state index is 13.4. The second kappa shape index (κ2) is 8.28. The minimum Gasteiger partial charge on any atom is -0.406 e. The average molecular weight is 474 g/mol. The Bertz CT molecular complexity index is 1080. The molecular formula is C20H19F5N4O4. The van der Waals surface area contributed by atoms with Crippen LogP contribution in [0, 0.1) is 11.8 Å². The van der Waals surface area contributed by atoms with Crippen molar-refractivity contribution in [3.63, 3.8) is 0 Å². The number of nitrogens with zero attached hydrogens (tertiary/aromatic N) is 2. The largest absolute Gasteiger partial charge is 0.573 e. The fourth-order valence-electron chi connectivity index (χ4n) is 3.91. The molecule has 4 rings (SSSR count). The Hall–Kier alpha value is -3.22. The summed E-state index contributed by atoms with van der Waals surface area (Å²) >= 11 is 0. The van der Waals surface area contributed by atoms with Crippen molar-refractivity contribution < 1.29 is 36.2 Å². The number of carbonyl (C=O) groups excluding carboxylic acids is 1. The summed E-state index contributed by atoms with van der Waals surface area (Å²) < 4.78 is 72.8. The molecule has 178 valence electrons. The molecule has 1 saturated carbocycles. The van der Waals surface area contributed by atoms with Gasteiger partial charge in [0.05, 0.1) is 24.5 Å². The van der Waals surface area contributed by atoms with Crippen LogP contribution in [0.25, 0.3) is 0 Å². The number of halogens is 5. The van der Waals surface area contributed by atoms with E-state index in [0.29, 0.717) is 5.56 Å². The number of hydrogen-bond donors (Lipinski definition) is 2. The highest BCUT2D eigenvalue weighted by atomic mass is 19.4. The standard InChI is InChI=1S/C20H19F5N4O4/c1-32-9-15(10-2-4-11(5-3-10)33-20(23,24)25)26-17(31)14-6-16(30)28-18(27-14)29-7-12-13(8-29)19(12,21)22/h2-6,12-13,15H,7-9H2,1H3,(H,26,31)(H,27,28,30)/t12?,13?,15-/m1/s1. The minimum atomic E-state index is -4.84. The predicted molar refractivity (Wildman–Crippen MR) is 104 cm³/mol. The second-order valence-corrected chi connectivity index (χ2v) is 7.84. The van der Waals surface area contributed by atoms with Crippen LogP contribution >= 0.6 is 0 Å². The average Bonchev–Trinajstić information content (AvgIpc) is 3.05. The zero-order valence-electron chi connectivity index (χ0n) is 17.2. The van der Waals surface area contributed by atoms with Gasteiger partial charge in [-0.25, -0.2) is 13.8 Å². The molecule has 0 radical (unpaired) electrons. The lowest BCUT2D eigenvalue weighted by Gasteiger charge is -2.21. The number of aromatic nitrogens is 2. The molecule has 1 amide bonds. The lowest BCUT2D eigenvalue weighted by atomic mass is 10.1. The summed E-state index contributed by atoms with van der Waals surface area (Å²) in [6.07, 6.45) is -4.84. The van der Waals surface area contributed by atoms with Crippen LogP contribution in [-0.4, -0.2) is 55.0 Å². The van der Waals surface area contributed by atoms with E-state index in [0.717, 1.165) is 18.2 Å². The Morgan fingerprint density at radius 2 is 1.91 bits per heavy atom. The topological polar surface area (TPSA) is 96.5 Å². The second-order valence-electron chi connectivity index (χ2n) is 7.84. The van der Waals surface area contributed by atoms with Crippen LogP contribution < -0.4 is 20.5 Å². The molecule has 2 aliphatic rings. The summed E-state index contributed by atoms with van der Waals surface area (Å²) in [6.45, 7) is 0.0144. The molecule has 1 aromatic heterocycles. The Balaban J connectivity index is 1.48. The molecule has 3 atom stereocenters. The third-order valence-corrected chi connectivity index (χ3v) is 5.62. The summed E-state index contributed by atoms with van der Waals surface area (Å²) in [5.41, 5.74) is -0.444. The van der Waals surface area contributed by atoms with Crippen LogP contribution in [0.1, 0.15) is 22.1 Å². The molecule has 2 heterocycles. The van der Waals surface area contributed by atoms with Gasteiger partial charge in [-0.1, -0.05) is 12.1 Å². The van der Waals surface area contributed by atoms with Gasteiger partial charge in [-0.2, -0.15) is 0 Å². The van der Waals surface area contributed by atoms with E-state index in [1.807, 2.05) is 0 Å². The molecule has 0 spiro atoms. The van der Waals surface area contributed by atoms with E-state index in [9.17, 15) is 31.5 Å². The number of methoxy groups -OCH3 is 1. The molecule has 33 heavy (non-hydrogen) atoms. The summed E-state index contributed by atoms with van der Waals surface area (Å²) in [5.74, 6) is -5.45. The first-order valence-corrected chi connectivity index (χ1v) is 9.87. The maximum Gasteiger partial charge on any atom is 0.573 e. The molecule has 2 fully saturated rings. The first-order valence-electron chi connectivity index (χ1n) is 9.87. The van der Waals surface area contributed by atoms with Crippen LogP contribution in [0.2, 0.25) is 0 Å². The molecule has 1 aliphatic heterocycles. The number of alkyl halides is 5. The number of H-pyrrole nitrogens is 1. The molecule has 2 aromatic rings. The van der Waals surface area contributed by atoms with Crippen LogP contribution in [0.5, 0.6) is 5.75 Å². The van der Waals surface area contributed by atoms with Crippen molar-refractivity contribution in [2.24, 2.45) is 11.8 Å². The SMILES string of the molecule is COC[C@@H](NC(=O)c1cc(=O)[nH]c(N2CC3C(C2)C3(F)F)n1)c1ccc(OC(F)(F)F)cc1. The van der Waals surface area contributed by atoms with Gasteiger partial charge in [0.25, 0.3) is 17.4 Å². The lowest BCUT2D eigenvalue weighted by molar-refractivity contribution is -0.274. The smallest absolute Gasteiger partial charge is 0.406 e. The van der Waals surface area contributed by atoms with E-state index in [4.69, 9.17) is 4.74 Å². The summed E-state index contributed by atoms with van der Waals surface area (Å²) in [5, 5.41) is 2.61. The number of ether oxygens (including phenoxy) is 2. The van der Waals surface area contributed by atoms with Gasteiger partial charge < -0.3 is 19.7 Å². The minimum absolute atomic E-state index is 0.0182. The van der Waals surface area contributed by atoms with E-state index in [1.54, 1.807) is 0 Å². The lowest BCUT2D eigenvalue weighted by Crippen LogP contribution is -2.35. The highest BCUT2D eigenvalue weighted by molar-refractivity contribution is 5.92. The molecule has 13 heteroatoms. The number of carbonyl (C=O) groups is 1. The molecule has 1 aromatic carbocycles. The number of fused-ring (bicyclic) bond motifs is 1. The highest BCUT2D eigenvalue weighted by Gasteiger charge is 2.71. The number of benzene rings is 1. The third kappa shape index (κ3) is 4.92. The van der Waals surface area contributed by atoms with Gasteiger partial charge in [0, 0.05) is 26.3 Å². The van der Waals surface area contributed by atoms with E-state index in [1.165, 1.54) is 24.1 Å². The van der Waals surface area contributed by atoms with E-state index < -0.39 is 47.4 Å². The zero-order valence-corrected chi connectivity index (χ0v) is 17.2. The number of anilines is 1. The molecular weight excluding hydrogens is 455 g/mol. The Kier molecular flexibility index (Phi) is 5.76. The van der Waals surface area contributed by atoms with Crippen LogP contribution in [0.4, 0.5) is 27.9 Å². The molecule has 2 unspecified atom stereocenters. The van der Waals surface area contributed by atoms with Crippen molar-refractivity contribution in [2.45, 2.75) is 18.3 Å². The Morgan fingerprint density at radius 3 is 2.48 bits per heavy atom. The number of hydrogen-bond acceptors (Lipinski definition) is 6. The molecule has 1 saturated heterocycles. The summed E-state index contributed by atoms with van der Waals surface area (Å²) in [6, 6.07) is 5.04. The summed E-state index contributed by atoms with van der Waals surface area (Å²) in [4.78, 5) is 32.9. The fourth-order valence-corrected chi connectivity index (χ4v) is 3.91. The third-order valence-electron chi connectivity index (χ3n) is 5.62. The van der Waals surface area contributed by atoms with Crippen LogP contribution in [0.15, 0.2) is 35.1 Å². The van der Waals surface area contributed by atoms with Crippen molar-refractivity contribution in [1.29, 1.82) is 0 Å². The number of nitrogens with one attached hydrogen (secondary N) is 2. The van der Waals surface area contributed by atoms with Gasteiger partial charge in [0.1, 0.15) is 11.4 Å². The van der Waals surface area contributed by atoms with E-state index in [2.05, 4.69) is 20.0 Å². The Labute approximate surface area is 183 Å². The number of rotatable bonds is 7. The monoisotopic (exact) mass is 474 g/mol. The van der Waals surface area contributed by atoms with Crippen molar-refractivity contribution in [2.75, 3.05) is 31.7 Å². The fraction of sp³-hybridized carbons (Fsp3) is 0.450. The Morgan fingerprint density at radius 1 is 1.27 bits per heavy atom. The van der Waals surface area contributed by atoms with Gasteiger partial charge in [-0.3, -0.25) is 14.6 Å². The van der Waals surface area contributed by atoms with E-state index in [-0.39, 0.29) is 31.3 Å². The van der Waals surface area contributed by atoms with Gasteiger partial charge >= 0.3 is 6.36 Å². The molecule has 8 nitrogen and oxygen atoms in total. The predicted octanol–water partition coefficient (Wildman–Crippen LogP) is 2.49. The zero-order chi connectivity index (χ0) is 24.0. The van der Waals surface area contributed by atoms with Crippen molar-refractivity contribution in [1.82, 2.24) is 15.3 Å². The van der Waals surface area contributed by atoms with Gasteiger partial charge in [0.15, 0.2) is 0 Å². The molecule has 1 aliphatic carbocycles. The molecule has 2 N–H and O–H groups in total. The van der Waals surface area contributed by atoms with Gasteiger partial charge in [0.2, 0.25) is 5.95 Å². The summed E-state index contributed by atoms with van der Waals surface area (Å²) in [7, 11) is 1.37. The quantitative estimate of drug-likeness (QED) is 0.599. The number of aromatic amines is 1. The van der Waals surface area contributed by atoms with Gasteiger partial charge in [-0.15, -0.1) is 13.2 Å². The first-order chi connectivity index (χ1) is 15.5. The van der Waals surface area contributed by atoms with Crippen molar-refractivity contribution in [3.05, 3.63) is 51.9 Å². The van der Waals surface area contributed by atoms with Crippen molar-refractivity contribution in [3.8, 4) is 5.75 Å². The van der Waals surface area contributed by atoms with E-state index >= 15 is 0 Å². The first kappa shape index (κ1) is 23.0. The molecule has 0 bridgehead atoms.